The van der Waals surface area contributed by atoms with Crippen LogP contribution in [0.1, 0.15) is 24.2 Å². The number of guanidine groups is 1. The minimum Gasteiger partial charge on any atom is -0.364 e. The van der Waals surface area contributed by atoms with Gasteiger partial charge < -0.3 is 15.2 Å². The first-order valence-electron chi connectivity index (χ1n) is 7.62. The highest BCUT2D eigenvalue weighted by Gasteiger charge is 2.11. The van der Waals surface area contributed by atoms with E-state index in [0.717, 1.165) is 11.7 Å². The Balaban J connectivity index is 0.00000208. The third-order valence-corrected chi connectivity index (χ3v) is 3.79. The van der Waals surface area contributed by atoms with Gasteiger partial charge >= 0.3 is 0 Å². The van der Waals surface area contributed by atoms with Crippen molar-refractivity contribution < 1.29 is 4.52 Å². The second kappa shape index (κ2) is 8.68. The molecule has 0 amide bonds. The SMILES string of the molecule is CN=C(NCc1ccon1)NC(C)c1cccc2ccccc12.I. The minimum atomic E-state index is 0. The molecule has 0 radical (unpaired) electrons. The van der Waals surface area contributed by atoms with Crippen LogP contribution < -0.4 is 10.6 Å². The average Bonchev–Trinajstić information content (AvgIpc) is 3.11. The van der Waals surface area contributed by atoms with Crippen molar-refractivity contribution in [3.63, 3.8) is 0 Å². The Morgan fingerprint density at radius 3 is 2.71 bits per heavy atom. The number of halogens is 1. The first-order chi connectivity index (χ1) is 11.3. The van der Waals surface area contributed by atoms with Gasteiger partial charge in [0, 0.05) is 13.1 Å². The van der Waals surface area contributed by atoms with Gasteiger partial charge in [-0.25, -0.2) is 0 Å². The standard InChI is InChI=1S/C18H20N4O.HI/c1-13(16-9-5-7-14-6-3-4-8-17(14)16)21-18(19-2)20-12-15-10-11-23-22-15;/h3-11,13H,12H2,1-2H3,(H2,19,20,21);1H. The third-order valence-electron chi connectivity index (χ3n) is 3.79. The second-order valence-electron chi connectivity index (χ2n) is 5.35. The van der Waals surface area contributed by atoms with E-state index >= 15 is 0 Å². The Morgan fingerprint density at radius 1 is 1.17 bits per heavy atom. The van der Waals surface area contributed by atoms with Gasteiger partial charge in [0.05, 0.1) is 12.6 Å². The Bertz CT molecular complexity index is 796. The van der Waals surface area contributed by atoms with Gasteiger partial charge in [0.25, 0.3) is 0 Å². The molecule has 1 unspecified atom stereocenters. The van der Waals surface area contributed by atoms with Crippen LogP contribution in [0, 0.1) is 0 Å². The monoisotopic (exact) mass is 436 g/mol. The van der Waals surface area contributed by atoms with E-state index in [4.69, 9.17) is 4.52 Å². The predicted molar refractivity (Wildman–Crippen MR) is 108 cm³/mol. The van der Waals surface area contributed by atoms with Crippen molar-refractivity contribution in [3.05, 3.63) is 66.1 Å². The van der Waals surface area contributed by atoms with Gasteiger partial charge in [-0.15, -0.1) is 24.0 Å². The molecule has 0 aliphatic rings. The summed E-state index contributed by atoms with van der Waals surface area (Å²) in [6, 6.07) is 16.7. The molecule has 1 aromatic heterocycles. The number of hydrogen-bond acceptors (Lipinski definition) is 3. The zero-order chi connectivity index (χ0) is 16.1. The van der Waals surface area contributed by atoms with Gasteiger partial charge in [0.1, 0.15) is 12.0 Å². The largest absolute Gasteiger partial charge is 0.364 e. The fraction of sp³-hybridized carbons (Fsp3) is 0.222. The molecule has 0 saturated heterocycles. The van der Waals surface area contributed by atoms with E-state index in [1.165, 1.54) is 16.3 Å². The van der Waals surface area contributed by atoms with E-state index in [2.05, 4.69) is 70.2 Å². The van der Waals surface area contributed by atoms with Crippen LogP contribution in [0.2, 0.25) is 0 Å². The summed E-state index contributed by atoms with van der Waals surface area (Å²) in [5.41, 5.74) is 2.08. The predicted octanol–water partition coefficient (Wildman–Crippen LogP) is 3.87. The molecule has 3 aromatic rings. The number of aromatic nitrogens is 1. The summed E-state index contributed by atoms with van der Waals surface area (Å²) in [6.07, 6.45) is 1.56. The molecule has 1 heterocycles. The highest BCUT2D eigenvalue weighted by atomic mass is 127. The van der Waals surface area contributed by atoms with Crippen LogP contribution in [0.15, 0.2) is 64.3 Å². The lowest BCUT2D eigenvalue weighted by Crippen LogP contribution is -2.38. The van der Waals surface area contributed by atoms with E-state index in [-0.39, 0.29) is 30.0 Å². The Kier molecular flexibility index (Phi) is 6.60. The summed E-state index contributed by atoms with van der Waals surface area (Å²) >= 11 is 0. The van der Waals surface area contributed by atoms with E-state index in [1.54, 1.807) is 13.3 Å². The third kappa shape index (κ3) is 4.25. The number of nitrogens with one attached hydrogen (secondary N) is 2. The number of benzene rings is 2. The van der Waals surface area contributed by atoms with Crippen molar-refractivity contribution in [2.45, 2.75) is 19.5 Å². The Hall–Kier alpha value is -2.09. The summed E-state index contributed by atoms with van der Waals surface area (Å²) in [4.78, 5) is 4.27. The maximum absolute atomic E-state index is 4.83. The summed E-state index contributed by atoms with van der Waals surface area (Å²) < 4.78 is 4.83. The zero-order valence-corrected chi connectivity index (χ0v) is 16.0. The van der Waals surface area contributed by atoms with Gasteiger partial charge in [-0.2, -0.15) is 0 Å². The lowest BCUT2D eigenvalue weighted by Gasteiger charge is -2.19. The van der Waals surface area contributed by atoms with Crippen LogP contribution in [0.3, 0.4) is 0 Å². The molecule has 2 N–H and O–H groups in total. The van der Waals surface area contributed by atoms with E-state index < -0.39 is 0 Å². The molecule has 3 rings (SSSR count). The molecule has 0 aliphatic heterocycles. The Labute approximate surface area is 158 Å². The smallest absolute Gasteiger partial charge is 0.191 e. The normalized spacial score (nSPS) is 12.5. The number of fused-ring (bicyclic) bond motifs is 1. The van der Waals surface area contributed by atoms with Crippen molar-refractivity contribution >= 4 is 40.7 Å². The highest BCUT2D eigenvalue weighted by Crippen LogP contribution is 2.23. The van der Waals surface area contributed by atoms with Crippen LogP contribution >= 0.6 is 24.0 Å². The summed E-state index contributed by atoms with van der Waals surface area (Å²) in [5, 5.41) is 13.0. The average molecular weight is 436 g/mol. The topological polar surface area (TPSA) is 62.5 Å². The highest BCUT2D eigenvalue weighted by molar-refractivity contribution is 14.0. The van der Waals surface area contributed by atoms with E-state index in [9.17, 15) is 0 Å². The molecule has 2 aromatic carbocycles. The molecule has 0 fully saturated rings. The lowest BCUT2D eigenvalue weighted by atomic mass is 10.00. The first-order valence-corrected chi connectivity index (χ1v) is 7.62. The molecule has 5 nitrogen and oxygen atoms in total. The molecule has 126 valence electrons. The molecule has 6 heteroatoms. The number of aliphatic imine (C=N–C) groups is 1. The summed E-state index contributed by atoms with van der Waals surface area (Å²) in [6.45, 7) is 2.70. The van der Waals surface area contributed by atoms with Gasteiger partial charge in [-0.3, -0.25) is 4.99 Å². The molecular formula is C18H21IN4O. The van der Waals surface area contributed by atoms with Gasteiger partial charge in [0.2, 0.25) is 0 Å². The first kappa shape index (κ1) is 18.3. The van der Waals surface area contributed by atoms with Crippen molar-refractivity contribution in [3.8, 4) is 0 Å². The van der Waals surface area contributed by atoms with Crippen molar-refractivity contribution in [1.29, 1.82) is 0 Å². The van der Waals surface area contributed by atoms with Gasteiger partial charge in [0.15, 0.2) is 5.96 Å². The Morgan fingerprint density at radius 2 is 1.96 bits per heavy atom. The van der Waals surface area contributed by atoms with Gasteiger partial charge in [-0.05, 0) is 23.3 Å². The number of hydrogen-bond donors (Lipinski definition) is 2. The van der Waals surface area contributed by atoms with Crippen LogP contribution in [-0.4, -0.2) is 18.2 Å². The number of rotatable bonds is 4. The number of nitrogens with zero attached hydrogens (tertiary/aromatic N) is 2. The summed E-state index contributed by atoms with van der Waals surface area (Å²) in [7, 11) is 1.76. The van der Waals surface area contributed by atoms with Crippen molar-refractivity contribution in [1.82, 2.24) is 15.8 Å². The maximum Gasteiger partial charge on any atom is 0.191 e. The van der Waals surface area contributed by atoms with Crippen LogP contribution in [-0.2, 0) is 6.54 Å². The van der Waals surface area contributed by atoms with Crippen LogP contribution in [0.5, 0.6) is 0 Å². The van der Waals surface area contributed by atoms with E-state index in [0.29, 0.717) is 6.54 Å². The molecule has 24 heavy (non-hydrogen) atoms. The van der Waals surface area contributed by atoms with Crippen LogP contribution in [0.25, 0.3) is 10.8 Å². The fourth-order valence-electron chi connectivity index (χ4n) is 2.61. The molecule has 0 saturated carbocycles. The molecule has 0 bridgehead atoms. The molecular weight excluding hydrogens is 415 g/mol. The lowest BCUT2D eigenvalue weighted by molar-refractivity contribution is 0.410. The van der Waals surface area contributed by atoms with Crippen molar-refractivity contribution in [2.75, 3.05) is 7.05 Å². The summed E-state index contributed by atoms with van der Waals surface area (Å²) in [5.74, 6) is 0.730. The zero-order valence-electron chi connectivity index (χ0n) is 13.7. The van der Waals surface area contributed by atoms with Crippen molar-refractivity contribution in [2.24, 2.45) is 4.99 Å². The molecule has 1 atom stereocenters. The quantitative estimate of drug-likeness (QED) is 0.370. The molecule has 0 spiro atoms. The molecule has 0 aliphatic carbocycles. The fourth-order valence-corrected chi connectivity index (χ4v) is 2.61. The van der Waals surface area contributed by atoms with Crippen LogP contribution in [0.4, 0.5) is 0 Å². The van der Waals surface area contributed by atoms with Gasteiger partial charge in [-0.1, -0.05) is 47.6 Å². The maximum atomic E-state index is 4.83. The second-order valence-corrected chi connectivity index (χ2v) is 5.35. The minimum absolute atomic E-state index is 0. The van der Waals surface area contributed by atoms with E-state index in [1.807, 2.05) is 6.07 Å².